The Balaban J connectivity index is 1.19. The van der Waals surface area contributed by atoms with Crippen molar-refractivity contribution >= 4 is 6.08 Å². The molecule has 1 nitrogen and oxygen atoms in total. The first-order chi connectivity index (χ1) is 17.7. The molecule has 0 bridgehead atoms. The van der Waals surface area contributed by atoms with Gasteiger partial charge in [-0.2, -0.15) is 0 Å². The van der Waals surface area contributed by atoms with Gasteiger partial charge in [-0.05, 0) is 67.1 Å². The molecule has 1 saturated carbocycles. The van der Waals surface area contributed by atoms with Gasteiger partial charge in [0.15, 0.2) is 0 Å². The van der Waals surface area contributed by atoms with E-state index in [1.165, 1.54) is 100 Å². The fraction of sp³-hybridized carbons (Fsp3) is 0.600. The van der Waals surface area contributed by atoms with E-state index in [4.69, 9.17) is 4.74 Å². The third kappa shape index (κ3) is 10.6. The largest absolute Gasteiger partial charge is 0.377 e. The third-order valence-corrected chi connectivity index (χ3v) is 8.57. The molecule has 0 amide bonds. The van der Waals surface area contributed by atoms with E-state index in [-0.39, 0.29) is 6.10 Å². The summed E-state index contributed by atoms with van der Waals surface area (Å²) >= 11 is 0. The fourth-order valence-corrected chi connectivity index (χ4v) is 6.15. The first-order valence-corrected chi connectivity index (χ1v) is 15.0. The average molecular weight is 489 g/mol. The maximum Gasteiger partial charge on any atom is 0.0821 e. The molecule has 2 aromatic rings. The zero-order chi connectivity index (χ0) is 25.4. The highest BCUT2D eigenvalue weighted by Crippen LogP contribution is 2.35. The third-order valence-electron chi connectivity index (χ3n) is 8.57. The number of methoxy groups -OCH3 is 1. The zero-order valence-electron chi connectivity index (χ0n) is 23.5. The van der Waals surface area contributed by atoms with Gasteiger partial charge in [-0.25, -0.2) is 0 Å². The molecule has 2 aromatic carbocycles. The van der Waals surface area contributed by atoms with Gasteiger partial charge in [0.1, 0.15) is 0 Å². The molecule has 0 aromatic heterocycles. The summed E-state index contributed by atoms with van der Waals surface area (Å²) in [5, 5.41) is 0. The van der Waals surface area contributed by atoms with Crippen LogP contribution in [0.4, 0.5) is 0 Å². The van der Waals surface area contributed by atoms with E-state index in [1.807, 2.05) is 7.11 Å². The minimum absolute atomic E-state index is 0.249. The van der Waals surface area contributed by atoms with Crippen LogP contribution in [0.3, 0.4) is 0 Å². The van der Waals surface area contributed by atoms with E-state index in [9.17, 15) is 0 Å². The summed E-state index contributed by atoms with van der Waals surface area (Å²) in [7, 11) is 1.85. The van der Waals surface area contributed by atoms with E-state index in [1.54, 1.807) is 0 Å². The number of hydrogen-bond acceptors (Lipinski definition) is 1. The van der Waals surface area contributed by atoms with Gasteiger partial charge in [0, 0.05) is 7.11 Å². The normalized spacial score (nSPS) is 20.0. The molecule has 1 aliphatic rings. The van der Waals surface area contributed by atoms with Gasteiger partial charge in [-0.1, -0.05) is 138 Å². The minimum atomic E-state index is 0.249. The van der Waals surface area contributed by atoms with Gasteiger partial charge >= 0.3 is 0 Å². The van der Waals surface area contributed by atoms with Crippen molar-refractivity contribution in [2.45, 2.75) is 110 Å². The molecule has 0 heterocycles. The Kier molecular flexibility index (Phi) is 13.4. The molecule has 36 heavy (non-hydrogen) atoms. The Morgan fingerprint density at radius 1 is 0.778 bits per heavy atom. The molecular formula is C35H52O. The summed E-state index contributed by atoms with van der Waals surface area (Å²) in [5.41, 5.74) is 4.13. The molecule has 0 saturated heterocycles. The molecule has 1 aliphatic carbocycles. The predicted molar refractivity (Wildman–Crippen MR) is 157 cm³/mol. The quantitative estimate of drug-likeness (QED) is 0.213. The highest BCUT2D eigenvalue weighted by Gasteiger charge is 2.20. The molecule has 1 heteroatoms. The highest BCUT2D eigenvalue weighted by atomic mass is 16.5. The molecule has 1 fully saturated rings. The van der Waals surface area contributed by atoms with Crippen LogP contribution in [-0.2, 0) is 11.2 Å². The molecule has 0 radical (unpaired) electrons. The summed E-state index contributed by atoms with van der Waals surface area (Å²) in [6.45, 7) is 4.51. The monoisotopic (exact) mass is 488 g/mol. The lowest BCUT2D eigenvalue weighted by Gasteiger charge is -2.28. The summed E-state index contributed by atoms with van der Waals surface area (Å²) in [4.78, 5) is 0. The Morgan fingerprint density at radius 2 is 1.42 bits per heavy atom. The van der Waals surface area contributed by atoms with Gasteiger partial charge in [0.05, 0.1) is 6.10 Å². The number of hydrogen-bond donors (Lipinski definition) is 0. The summed E-state index contributed by atoms with van der Waals surface area (Å²) in [6, 6.07) is 19.8. The van der Waals surface area contributed by atoms with Gasteiger partial charge in [0.2, 0.25) is 0 Å². The maximum atomic E-state index is 5.76. The molecule has 2 atom stereocenters. The van der Waals surface area contributed by atoms with Crippen LogP contribution in [0.15, 0.2) is 60.7 Å². The highest BCUT2D eigenvalue weighted by molar-refractivity contribution is 5.49. The number of allylic oxidation sites excluding steroid dienone is 1. The zero-order valence-corrected chi connectivity index (χ0v) is 23.5. The molecule has 198 valence electrons. The molecule has 3 rings (SSSR count). The Labute approximate surface area is 222 Å². The van der Waals surface area contributed by atoms with Crippen LogP contribution >= 0.6 is 0 Å². The topological polar surface area (TPSA) is 9.23 Å². The van der Waals surface area contributed by atoms with Crippen LogP contribution < -0.4 is 0 Å². The number of rotatable bonds is 16. The number of benzene rings is 2. The van der Waals surface area contributed by atoms with E-state index in [2.05, 4.69) is 80.6 Å². The molecule has 0 aliphatic heterocycles. The fourth-order valence-electron chi connectivity index (χ4n) is 6.15. The van der Waals surface area contributed by atoms with E-state index in [0.29, 0.717) is 0 Å². The number of unbranched alkanes of at least 4 members (excludes halogenated alkanes) is 2. The minimum Gasteiger partial charge on any atom is -0.377 e. The standard InChI is InChI=1S/C35H52O/c1-4-12-30-20-22-32(23-21-30)15-10-11-16-33-26-24-31(25-27-33)14-9-8-13-29(2)19-28-35(36-3)34-17-6-5-7-18-34/h4-7,12,17-18,20-23,29,31,33,35H,8-11,13-16,19,24-28H2,1-3H3/b12-4+. The second-order valence-corrected chi connectivity index (χ2v) is 11.5. The van der Waals surface area contributed by atoms with Crippen molar-refractivity contribution in [3.8, 4) is 0 Å². The van der Waals surface area contributed by atoms with Crippen LogP contribution in [-0.4, -0.2) is 7.11 Å². The summed E-state index contributed by atoms with van der Waals surface area (Å²) < 4.78 is 5.76. The molecule has 2 unspecified atom stereocenters. The van der Waals surface area contributed by atoms with Crippen molar-refractivity contribution in [2.24, 2.45) is 17.8 Å². The van der Waals surface area contributed by atoms with Gasteiger partial charge in [-0.15, -0.1) is 0 Å². The van der Waals surface area contributed by atoms with Crippen LogP contribution in [0.25, 0.3) is 6.08 Å². The van der Waals surface area contributed by atoms with Crippen molar-refractivity contribution in [1.82, 2.24) is 0 Å². The van der Waals surface area contributed by atoms with Gasteiger partial charge in [-0.3, -0.25) is 0 Å². The van der Waals surface area contributed by atoms with Crippen LogP contribution in [0.5, 0.6) is 0 Å². The maximum absolute atomic E-state index is 5.76. The van der Waals surface area contributed by atoms with Crippen LogP contribution in [0.1, 0.15) is 120 Å². The lowest BCUT2D eigenvalue weighted by Crippen LogP contribution is -2.14. The van der Waals surface area contributed by atoms with Crippen LogP contribution in [0.2, 0.25) is 0 Å². The van der Waals surface area contributed by atoms with Crippen molar-refractivity contribution in [3.63, 3.8) is 0 Å². The SMILES string of the molecule is C/C=C/c1ccc(CCCCC2CCC(CCCCC(C)CCC(OC)c3ccccc3)CC2)cc1. The smallest absolute Gasteiger partial charge is 0.0821 e. The van der Waals surface area contributed by atoms with Crippen molar-refractivity contribution in [3.05, 3.63) is 77.4 Å². The first-order valence-electron chi connectivity index (χ1n) is 15.0. The molecule has 0 spiro atoms. The van der Waals surface area contributed by atoms with E-state index in [0.717, 1.165) is 24.2 Å². The molecular weight excluding hydrogens is 436 g/mol. The van der Waals surface area contributed by atoms with E-state index >= 15 is 0 Å². The Bertz CT molecular complexity index is 829. The Hall–Kier alpha value is -1.86. The first kappa shape index (κ1) is 28.7. The second-order valence-electron chi connectivity index (χ2n) is 11.5. The van der Waals surface area contributed by atoms with E-state index < -0.39 is 0 Å². The predicted octanol–water partition coefficient (Wildman–Crippen LogP) is 10.6. The van der Waals surface area contributed by atoms with Crippen molar-refractivity contribution < 1.29 is 4.74 Å². The lowest BCUT2D eigenvalue weighted by atomic mass is 9.77. The van der Waals surface area contributed by atoms with Crippen molar-refractivity contribution in [1.29, 1.82) is 0 Å². The number of ether oxygens (including phenoxy) is 1. The average Bonchev–Trinajstić information content (AvgIpc) is 2.92. The van der Waals surface area contributed by atoms with Crippen molar-refractivity contribution in [2.75, 3.05) is 7.11 Å². The second kappa shape index (κ2) is 16.8. The van der Waals surface area contributed by atoms with Gasteiger partial charge in [0.25, 0.3) is 0 Å². The number of aryl methyl sites for hydroxylation is 1. The summed E-state index contributed by atoms with van der Waals surface area (Å²) in [5.74, 6) is 2.80. The van der Waals surface area contributed by atoms with Gasteiger partial charge < -0.3 is 4.74 Å². The van der Waals surface area contributed by atoms with Crippen LogP contribution in [0, 0.1) is 17.8 Å². The summed E-state index contributed by atoms with van der Waals surface area (Å²) in [6.07, 6.45) is 24.0. The lowest BCUT2D eigenvalue weighted by molar-refractivity contribution is 0.0893. The molecule has 0 N–H and O–H groups in total. The Morgan fingerprint density at radius 3 is 2.03 bits per heavy atom.